The predicted octanol–water partition coefficient (Wildman–Crippen LogP) is -0.101. The molecule has 0 radical (unpaired) electrons. The molecule has 0 heterocycles. The van der Waals surface area contributed by atoms with Gasteiger partial charge in [-0.25, -0.2) is 0 Å². The molecule has 5 nitrogen and oxygen atoms in total. The number of aliphatic carboxylic acids is 2. The van der Waals surface area contributed by atoms with E-state index in [1.165, 1.54) is 0 Å². The summed E-state index contributed by atoms with van der Waals surface area (Å²) in [5, 5.41) is 17.2. The quantitative estimate of drug-likeness (QED) is 0.570. The van der Waals surface area contributed by atoms with E-state index in [-0.39, 0.29) is 6.42 Å². The standard InChI is InChI=1S/C8H13NO4/c1-8(2-4(8)6(10)11)3-5(9)7(12)13/h4-5H,2-3,9H2,1H3,(H,10,11)(H,12,13)/t4?,5-,8?/m0/s1. The lowest BCUT2D eigenvalue weighted by atomic mass is 9.97. The highest BCUT2D eigenvalue weighted by molar-refractivity contribution is 5.76. The average molecular weight is 187 g/mol. The summed E-state index contributed by atoms with van der Waals surface area (Å²) in [5.41, 5.74) is 4.90. The Labute approximate surface area is 75.5 Å². The molecule has 0 spiro atoms. The van der Waals surface area contributed by atoms with Gasteiger partial charge in [0.1, 0.15) is 6.04 Å². The van der Waals surface area contributed by atoms with Crippen molar-refractivity contribution in [2.45, 2.75) is 25.8 Å². The van der Waals surface area contributed by atoms with Gasteiger partial charge < -0.3 is 15.9 Å². The van der Waals surface area contributed by atoms with Crippen molar-refractivity contribution in [1.82, 2.24) is 0 Å². The molecular weight excluding hydrogens is 174 g/mol. The fourth-order valence-electron chi connectivity index (χ4n) is 1.61. The molecule has 0 bridgehead atoms. The van der Waals surface area contributed by atoms with Crippen LogP contribution in [0.25, 0.3) is 0 Å². The number of carbonyl (C=O) groups is 2. The normalized spacial score (nSPS) is 33.8. The SMILES string of the molecule is CC1(C[C@H](N)C(=O)O)CC1C(=O)O. The van der Waals surface area contributed by atoms with E-state index in [0.29, 0.717) is 6.42 Å². The van der Waals surface area contributed by atoms with Crippen molar-refractivity contribution in [3.63, 3.8) is 0 Å². The van der Waals surface area contributed by atoms with Crippen LogP contribution in [0.4, 0.5) is 0 Å². The summed E-state index contributed by atoms with van der Waals surface area (Å²) >= 11 is 0. The Bertz CT molecular complexity index is 253. The molecule has 1 fully saturated rings. The van der Waals surface area contributed by atoms with Crippen LogP contribution in [0.2, 0.25) is 0 Å². The van der Waals surface area contributed by atoms with Gasteiger partial charge in [0, 0.05) is 0 Å². The minimum Gasteiger partial charge on any atom is -0.481 e. The van der Waals surface area contributed by atoms with Crippen molar-refractivity contribution in [2.24, 2.45) is 17.1 Å². The summed E-state index contributed by atoms with van der Waals surface area (Å²) in [6.07, 6.45) is 0.766. The lowest BCUT2D eigenvalue weighted by Crippen LogP contribution is -2.33. The Hall–Kier alpha value is -1.10. The number of carboxylic acid groups (broad SMARTS) is 2. The van der Waals surface area contributed by atoms with Crippen LogP contribution in [0, 0.1) is 11.3 Å². The Morgan fingerprint density at radius 2 is 2.15 bits per heavy atom. The van der Waals surface area contributed by atoms with Crippen molar-refractivity contribution in [1.29, 1.82) is 0 Å². The monoisotopic (exact) mass is 187 g/mol. The van der Waals surface area contributed by atoms with Crippen LogP contribution in [-0.4, -0.2) is 28.2 Å². The van der Waals surface area contributed by atoms with Crippen LogP contribution < -0.4 is 5.73 Å². The molecule has 0 aliphatic heterocycles. The molecule has 5 heteroatoms. The smallest absolute Gasteiger partial charge is 0.320 e. The summed E-state index contributed by atoms with van der Waals surface area (Å²) in [7, 11) is 0. The molecule has 1 aliphatic rings. The van der Waals surface area contributed by atoms with E-state index in [2.05, 4.69) is 0 Å². The first-order valence-corrected chi connectivity index (χ1v) is 4.08. The second-order valence-corrected chi connectivity index (χ2v) is 3.90. The zero-order valence-corrected chi connectivity index (χ0v) is 7.36. The van der Waals surface area contributed by atoms with Crippen LogP contribution in [-0.2, 0) is 9.59 Å². The maximum Gasteiger partial charge on any atom is 0.320 e. The van der Waals surface area contributed by atoms with Crippen molar-refractivity contribution < 1.29 is 19.8 Å². The van der Waals surface area contributed by atoms with Gasteiger partial charge in [-0.3, -0.25) is 9.59 Å². The number of hydrogen-bond donors (Lipinski definition) is 3. The van der Waals surface area contributed by atoms with Crippen LogP contribution in [0.15, 0.2) is 0 Å². The molecule has 1 rings (SSSR count). The third kappa shape index (κ3) is 1.98. The van der Waals surface area contributed by atoms with Gasteiger partial charge in [0.15, 0.2) is 0 Å². The molecule has 0 aromatic heterocycles. The molecule has 3 atom stereocenters. The van der Waals surface area contributed by atoms with Crippen molar-refractivity contribution >= 4 is 11.9 Å². The van der Waals surface area contributed by atoms with Gasteiger partial charge in [-0.2, -0.15) is 0 Å². The molecular formula is C8H13NO4. The first-order valence-electron chi connectivity index (χ1n) is 4.08. The molecule has 4 N–H and O–H groups in total. The fraction of sp³-hybridized carbons (Fsp3) is 0.750. The highest BCUT2D eigenvalue weighted by Crippen LogP contribution is 2.55. The maximum absolute atomic E-state index is 10.5. The zero-order chi connectivity index (χ0) is 10.2. The van der Waals surface area contributed by atoms with Crippen LogP contribution in [0.5, 0.6) is 0 Å². The Morgan fingerprint density at radius 3 is 2.46 bits per heavy atom. The molecule has 74 valence electrons. The van der Waals surface area contributed by atoms with Crippen molar-refractivity contribution in [3.8, 4) is 0 Å². The van der Waals surface area contributed by atoms with E-state index >= 15 is 0 Å². The summed E-state index contributed by atoms with van der Waals surface area (Å²) in [6.45, 7) is 1.76. The molecule has 0 aromatic carbocycles. The van der Waals surface area contributed by atoms with Gasteiger partial charge in [-0.15, -0.1) is 0 Å². The van der Waals surface area contributed by atoms with E-state index in [4.69, 9.17) is 15.9 Å². The zero-order valence-electron chi connectivity index (χ0n) is 7.36. The van der Waals surface area contributed by atoms with Gasteiger partial charge in [0.25, 0.3) is 0 Å². The van der Waals surface area contributed by atoms with E-state index in [1.54, 1.807) is 6.92 Å². The van der Waals surface area contributed by atoms with E-state index in [0.717, 1.165) is 0 Å². The first kappa shape index (κ1) is 9.98. The highest BCUT2D eigenvalue weighted by atomic mass is 16.4. The third-order valence-electron chi connectivity index (χ3n) is 2.65. The van der Waals surface area contributed by atoms with E-state index < -0.39 is 29.3 Å². The lowest BCUT2D eigenvalue weighted by molar-refractivity contribution is -0.141. The first-order chi connectivity index (χ1) is 5.87. The summed E-state index contributed by atoms with van der Waals surface area (Å²) in [5.74, 6) is -2.35. The van der Waals surface area contributed by atoms with Crippen LogP contribution in [0.1, 0.15) is 19.8 Å². The van der Waals surface area contributed by atoms with Gasteiger partial charge in [0.05, 0.1) is 5.92 Å². The van der Waals surface area contributed by atoms with Gasteiger partial charge >= 0.3 is 11.9 Å². The van der Waals surface area contributed by atoms with Crippen molar-refractivity contribution in [2.75, 3.05) is 0 Å². The molecule has 2 unspecified atom stereocenters. The fourth-order valence-corrected chi connectivity index (χ4v) is 1.61. The Morgan fingerprint density at radius 1 is 1.62 bits per heavy atom. The molecule has 13 heavy (non-hydrogen) atoms. The van der Waals surface area contributed by atoms with Crippen LogP contribution in [0.3, 0.4) is 0 Å². The molecule has 1 aliphatic carbocycles. The molecule has 0 aromatic rings. The number of carboxylic acids is 2. The minimum absolute atomic E-state index is 0.235. The van der Waals surface area contributed by atoms with E-state index in [9.17, 15) is 9.59 Å². The topological polar surface area (TPSA) is 101 Å². The summed E-state index contributed by atoms with van der Waals surface area (Å²) in [4.78, 5) is 20.9. The minimum atomic E-state index is -1.07. The van der Waals surface area contributed by atoms with Crippen LogP contribution >= 0.6 is 0 Å². The molecule has 0 saturated heterocycles. The Balaban J connectivity index is 2.48. The van der Waals surface area contributed by atoms with E-state index in [1.807, 2.05) is 0 Å². The Kier molecular flexibility index (Phi) is 2.30. The summed E-state index contributed by atoms with van der Waals surface area (Å²) in [6, 6.07) is -0.950. The lowest BCUT2D eigenvalue weighted by Gasteiger charge is -2.12. The van der Waals surface area contributed by atoms with Crippen molar-refractivity contribution in [3.05, 3.63) is 0 Å². The number of nitrogens with two attached hydrogens (primary N) is 1. The number of rotatable bonds is 4. The second-order valence-electron chi connectivity index (χ2n) is 3.90. The molecule has 1 saturated carbocycles. The van der Waals surface area contributed by atoms with Gasteiger partial charge in [0.2, 0.25) is 0 Å². The van der Waals surface area contributed by atoms with Gasteiger partial charge in [-0.05, 0) is 18.3 Å². The molecule has 0 amide bonds. The predicted molar refractivity (Wildman–Crippen MR) is 44.1 cm³/mol. The maximum atomic E-state index is 10.5. The third-order valence-corrected chi connectivity index (χ3v) is 2.65. The number of hydrogen-bond acceptors (Lipinski definition) is 3. The average Bonchev–Trinajstić information content (AvgIpc) is 2.62. The second kappa shape index (κ2) is 2.99. The largest absolute Gasteiger partial charge is 0.481 e. The summed E-state index contributed by atoms with van der Waals surface area (Å²) < 4.78 is 0. The van der Waals surface area contributed by atoms with Gasteiger partial charge in [-0.1, -0.05) is 6.92 Å². The highest BCUT2D eigenvalue weighted by Gasteiger charge is 2.55.